The van der Waals surface area contributed by atoms with Crippen LogP contribution in [0.5, 0.6) is 0 Å². The lowest BCUT2D eigenvalue weighted by Gasteiger charge is -2.44. The fraction of sp³-hybridized carbons (Fsp3) is 1.00. The molecule has 3 heteroatoms. The number of hydrogen-bond donors (Lipinski definition) is 1. The van der Waals surface area contributed by atoms with Crippen LogP contribution in [-0.4, -0.2) is 38.0 Å². The summed E-state index contributed by atoms with van der Waals surface area (Å²) in [4.78, 5) is 0. The summed E-state index contributed by atoms with van der Waals surface area (Å²) in [5, 5.41) is 3.70. The molecule has 0 amide bonds. The number of ether oxygens (including phenoxy) is 2. The Kier molecular flexibility index (Phi) is 3.18. The number of morpholine rings is 1. The number of hydrogen-bond acceptors (Lipinski definition) is 3. The van der Waals surface area contributed by atoms with E-state index in [1.807, 2.05) is 0 Å². The summed E-state index contributed by atoms with van der Waals surface area (Å²) in [5.74, 6) is 0.972. The summed E-state index contributed by atoms with van der Waals surface area (Å²) in [6.07, 6.45) is 7.60. The van der Waals surface area contributed by atoms with Crippen molar-refractivity contribution in [3.8, 4) is 0 Å². The normalized spacial score (nSPS) is 40.9. The van der Waals surface area contributed by atoms with Gasteiger partial charge in [0.1, 0.15) is 0 Å². The van der Waals surface area contributed by atoms with E-state index in [4.69, 9.17) is 9.47 Å². The minimum Gasteiger partial charge on any atom is -0.381 e. The Morgan fingerprint density at radius 3 is 2.94 bits per heavy atom. The zero-order valence-corrected chi connectivity index (χ0v) is 10.0. The maximum Gasteiger partial charge on any atom is 0.0858 e. The van der Waals surface area contributed by atoms with Crippen LogP contribution in [0.25, 0.3) is 0 Å². The lowest BCUT2D eigenvalue weighted by Crippen LogP contribution is -2.58. The molecule has 2 heterocycles. The first-order chi connectivity index (χ1) is 7.89. The zero-order chi connectivity index (χ0) is 10.8. The van der Waals surface area contributed by atoms with Crippen LogP contribution < -0.4 is 5.32 Å². The molecule has 3 fully saturated rings. The SMILES string of the molecule is C1COCCC2(C1)OCCNC2CC1CC1. The third-order valence-corrected chi connectivity index (χ3v) is 4.34. The summed E-state index contributed by atoms with van der Waals surface area (Å²) in [5.41, 5.74) is 0.0946. The summed E-state index contributed by atoms with van der Waals surface area (Å²) >= 11 is 0. The molecule has 0 aromatic heterocycles. The average molecular weight is 225 g/mol. The largest absolute Gasteiger partial charge is 0.381 e. The van der Waals surface area contributed by atoms with E-state index in [-0.39, 0.29) is 5.60 Å². The van der Waals surface area contributed by atoms with E-state index in [9.17, 15) is 0 Å². The topological polar surface area (TPSA) is 30.5 Å². The predicted molar refractivity (Wildman–Crippen MR) is 62.5 cm³/mol. The third-order valence-electron chi connectivity index (χ3n) is 4.34. The fourth-order valence-corrected chi connectivity index (χ4v) is 3.20. The van der Waals surface area contributed by atoms with Gasteiger partial charge in [0.15, 0.2) is 0 Å². The molecule has 3 rings (SSSR count). The van der Waals surface area contributed by atoms with Gasteiger partial charge >= 0.3 is 0 Å². The van der Waals surface area contributed by atoms with Gasteiger partial charge in [-0.15, -0.1) is 0 Å². The van der Waals surface area contributed by atoms with E-state index in [0.717, 1.165) is 45.1 Å². The van der Waals surface area contributed by atoms with Crippen molar-refractivity contribution < 1.29 is 9.47 Å². The van der Waals surface area contributed by atoms with Crippen LogP contribution in [0.15, 0.2) is 0 Å². The van der Waals surface area contributed by atoms with E-state index in [1.165, 1.54) is 25.7 Å². The van der Waals surface area contributed by atoms with Crippen LogP contribution >= 0.6 is 0 Å². The lowest BCUT2D eigenvalue weighted by atomic mass is 9.82. The first-order valence-electron chi connectivity index (χ1n) is 6.84. The second-order valence-corrected chi connectivity index (χ2v) is 5.56. The Labute approximate surface area is 97.9 Å². The highest BCUT2D eigenvalue weighted by Gasteiger charge is 2.44. The van der Waals surface area contributed by atoms with Crippen molar-refractivity contribution in [3.63, 3.8) is 0 Å². The Hall–Kier alpha value is -0.120. The molecule has 2 atom stereocenters. The number of nitrogens with one attached hydrogen (secondary N) is 1. The van der Waals surface area contributed by atoms with Crippen LogP contribution in [0.2, 0.25) is 0 Å². The van der Waals surface area contributed by atoms with Gasteiger partial charge in [-0.3, -0.25) is 0 Å². The van der Waals surface area contributed by atoms with Crippen molar-refractivity contribution in [2.45, 2.75) is 50.2 Å². The maximum absolute atomic E-state index is 6.19. The summed E-state index contributed by atoms with van der Waals surface area (Å²) in [6.45, 7) is 3.70. The zero-order valence-electron chi connectivity index (χ0n) is 10.0. The Bertz CT molecular complexity index is 232. The molecule has 3 nitrogen and oxygen atoms in total. The first kappa shape index (κ1) is 11.0. The predicted octanol–water partition coefficient (Wildman–Crippen LogP) is 1.71. The molecule has 0 bridgehead atoms. The Morgan fingerprint density at radius 1 is 1.12 bits per heavy atom. The van der Waals surface area contributed by atoms with Gasteiger partial charge in [-0.1, -0.05) is 12.8 Å². The Morgan fingerprint density at radius 2 is 2.06 bits per heavy atom. The van der Waals surface area contributed by atoms with E-state index >= 15 is 0 Å². The molecule has 0 radical (unpaired) electrons. The fourth-order valence-electron chi connectivity index (χ4n) is 3.20. The molecule has 2 unspecified atom stereocenters. The molecule has 0 aromatic carbocycles. The van der Waals surface area contributed by atoms with E-state index in [0.29, 0.717) is 6.04 Å². The third kappa shape index (κ3) is 2.27. The van der Waals surface area contributed by atoms with E-state index in [1.54, 1.807) is 0 Å². The lowest BCUT2D eigenvalue weighted by molar-refractivity contribution is -0.110. The van der Waals surface area contributed by atoms with Gasteiger partial charge in [0.2, 0.25) is 0 Å². The molecule has 92 valence electrons. The van der Waals surface area contributed by atoms with Gasteiger partial charge in [0, 0.05) is 32.2 Å². The van der Waals surface area contributed by atoms with Crippen molar-refractivity contribution >= 4 is 0 Å². The molecular weight excluding hydrogens is 202 g/mol. The second-order valence-electron chi connectivity index (χ2n) is 5.56. The molecule has 16 heavy (non-hydrogen) atoms. The summed E-state index contributed by atoms with van der Waals surface area (Å²) < 4.78 is 11.8. The van der Waals surface area contributed by atoms with E-state index in [2.05, 4.69) is 5.32 Å². The minimum atomic E-state index is 0.0946. The molecule has 0 aromatic rings. The van der Waals surface area contributed by atoms with Gasteiger partial charge in [-0.05, 0) is 25.2 Å². The molecule has 2 aliphatic heterocycles. The van der Waals surface area contributed by atoms with Crippen LogP contribution in [0, 0.1) is 5.92 Å². The van der Waals surface area contributed by atoms with Crippen molar-refractivity contribution in [2.75, 3.05) is 26.4 Å². The average Bonchev–Trinajstić information content (AvgIpc) is 3.10. The van der Waals surface area contributed by atoms with Crippen LogP contribution in [0.4, 0.5) is 0 Å². The number of rotatable bonds is 2. The summed E-state index contributed by atoms with van der Waals surface area (Å²) in [7, 11) is 0. The van der Waals surface area contributed by atoms with Crippen molar-refractivity contribution in [1.29, 1.82) is 0 Å². The van der Waals surface area contributed by atoms with Crippen LogP contribution in [0.3, 0.4) is 0 Å². The smallest absolute Gasteiger partial charge is 0.0858 e. The first-order valence-corrected chi connectivity index (χ1v) is 6.84. The van der Waals surface area contributed by atoms with Gasteiger partial charge in [0.25, 0.3) is 0 Å². The van der Waals surface area contributed by atoms with Gasteiger partial charge in [0.05, 0.1) is 12.2 Å². The van der Waals surface area contributed by atoms with Crippen molar-refractivity contribution in [3.05, 3.63) is 0 Å². The van der Waals surface area contributed by atoms with Crippen molar-refractivity contribution in [2.24, 2.45) is 5.92 Å². The van der Waals surface area contributed by atoms with Crippen LogP contribution in [-0.2, 0) is 9.47 Å². The minimum absolute atomic E-state index is 0.0946. The monoisotopic (exact) mass is 225 g/mol. The maximum atomic E-state index is 6.19. The molecule has 3 aliphatic rings. The van der Waals surface area contributed by atoms with Gasteiger partial charge < -0.3 is 14.8 Å². The highest BCUT2D eigenvalue weighted by Crippen LogP contribution is 2.40. The second kappa shape index (κ2) is 4.63. The molecule has 1 N–H and O–H groups in total. The summed E-state index contributed by atoms with van der Waals surface area (Å²) in [6, 6.07) is 0.579. The molecule has 1 aliphatic carbocycles. The molecule has 1 spiro atoms. The quantitative estimate of drug-likeness (QED) is 0.776. The van der Waals surface area contributed by atoms with E-state index < -0.39 is 0 Å². The molecule has 2 saturated heterocycles. The molecular formula is C13H23NO2. The Balaban J connectivity index is 1.70. The van der Waals surface area contributed by atoms with Gasteiger partial charge in [-0.25, -0.2) is 0 Å². The highest BCUT2D eigenvalue weighted by molar-refractivity contribution is 4.99. The van der Waals surface area contributed by atoms with Crippen LogP contribution in [0.1, 0.15) is 38.5 Å². The highest BCUT2D eigenvalue weighted by atomic mass is 16.5. The van der Waals surface area contributed by atoms with Gasteiger partial charge in [-0.2, -0.15) is 0 Å². The standard InChI is InChI=1S/C13H23NO2/c1-4-13(5-8-15-7-1)12(10-11-2-3-11)14-6-9-16-13/h11-12,14H,1-10H2. The van der Waals surface area contributed by atoms with Crippen molar-refractivity contribution in [1.82, 2.24) is 5.32 Å². The molecule has 1 saturated carbocycles.